The summed E-state index contributed by atoms with van der Waals surface area (Å²) in [5, 5.41) is 1.04. The number of aliphatic imine (C=N–C) groups is 1. The van der Waals surface area contributed by atoms with Crippen molar-refractivity contribution in [1.82, 2.24) is 4.90 Å². The molecule has 2 heterocycles. The summed E-state index contributed by atoms with van der Waals surface area (Å²) >= 11 is 7.57. The van der Waals surface area contributed by atoms with Crippen molar-refractivity contribution < 1.29 is 17.9 Å². The number of amidine groups is 1. The smallest absolute Gasteiger partial charge is 0.274 e. The van der Waals surface area contributed by atoms with Gasteiger partial charge >= 0.3 is 0 Å². The first-order valence-electron chi connectivity index (χ1n) is 7.37. The first kappa shape index (κ1) is 17.7. The zero-order chi connectivity index (χ0) is 17.3. The molecule has 2 saturated heterocycles. The molecule has 24 heavy (non-hydrogen) atoms. The molecule has 1 aromatic carbocycles. The van der Waals surface area contributed by atoms with Gasteiger partial charge in [-0.15, -0.1) is 0 Å². The number of sulfone groups is 1. The summed E-state index contributed by atoms with van der Waals surface area (Å²) in [4.78, 5) is 17.8. The van der Waals surface area contributed by atoms with Crippen LogP contribution in [0.5, 0.6) is 0 Å². The summed E-state index contributed by atoms with van der Waals surface area (Å²) in [7, 11) is -1.63. The van der Waals surface area contributed by atoms with E-state index in [-0.39, 0.29) is 35.3 Å². The molecule has 1 aromatic rings. The van der Waals surface area contributed by atoms with Crippen LogP contribution in [0.4, 0.5) is 0 Å². The maximum atomic E-state index is 11.9. The van der Waals surface area contributed by atoms with E-state index in [2.05, 4.69) is 4.99 Å². The zero-order valence-corrected chi connectivity index (χ0v) is 15.4. The molecule has 0 radical (unpaired) electrons. The highest BCUT2D eigenvalue weighted by Crippen LogP contribution is 2.39. The van der Waals surface area contributed by atoms with Crippen LogP contribution in [0.15, 0.2) is 29.3 Å². The number of hydrogen-bond donors (Lipinski definition) is 0. The van der Waals surface area contributed by atoms with Gasteiger partial charge in [0.15, 0.2) is 15.0 Å². The number of thioether (sulfide) groups is 1. The summed E-state index contributed by atoms with van der Waals surface area (Å²) in [6.45, 7) is 0.320. The van der Waals surface area contributed by atoms with E-state index in [9.17, 15) is 13.2 Å². The largest absolute Gasteiger partial charge is 0.375 e. The number of amides is 1. The lowest BCUT2D eigenvalue weighted by Gasteiger charge is -2.24. The standard InChI is InChI=1S/C15H17ClN2O4S2/c1-22-7-14(19)17-15-18(6-10-4-2-3-5-11(10)16)12-8-24(20,21)9-13(12)23-15/h2-5,12-13H,6-9H2,1H3. The Kier molecular flexibility index (Phi) is 5.19. The number of ether oxygens (including phenoxy) is 1. The third-order valence-electron chi connectivity index (χ3n) is 3.96. The van der Waals surface area contributed by atoms with E-state index in [1.54, 1.807) is 6.07 Å². The predicted octanol–water partition coefficient (Wildman–Crippen LogP) is 1.58. The number of carbonyl (C=O) groups excluding carboxylic acids is 1. The van der Waals surface area contributed by atoms with Crippen LogP contribution in [0.1, 0.15) is 5.56 Å². The molecule has 2 fully saturated rings. The SMILES string of the molecule is COCC(=O)N=C1SC2CS(=O)(=O)CC2N1Cc1ccccc1Cl. The molecule has 2 aliphatic rings. The third-order valence-corrected chi connectivity index (χ3v) is 7.58. The summed E-state index contributed by atoms with van der Waals surface area (Å²) in [6.07, 6.45) is 0. The fraction of sp³-hybridized carbons (Fsp3) is 0.467. The topological polar surface area (TPSA) is 76.0 Å². The molecule has 0 aromatic heterocycles. The second-order valence-corrected chi connectivity index (χ2v) is 9.51. The maximum absolute atomic E-state index is 11.9. The van der Waals surface area contributed by atoms with Crippen LogP contribution in [-0.4, -0.2) is 60.9 Å². The van der Waals surface area contributed by atoms with E-state index in [1.807, 2.05) is 23.1 Å². The third kappa shape index (κ3) is 3.77. The Morgan fingerprint density at radius 2 is 2.17 bits per heavy atom. The molecule has 9 heteroatoms. The predicted molar refractivity (Wildman–Crippen MR) is 95.1 cm³/mol. The minimum Gasteiger partial charge on any atom is -0.375 e. The number of halogens is 1. The molecule has 6 nitrogen and oxygen atoms in total. The van der Waals surface area contributed by atoms with E-state index in [1.165, 1.54) is 18.9 Å². The van der Waals surface area contributed by atoms with Crippen molar-refractivity contribution in [3.8, 4) is 0 Å². The van der Waals surface area contributed by atoms with E-state index in [4.69, 9.17) is 16.3 Å². The van der Waals surface area contributed by atoms with Gasteiger partial charge in [0.1, 0.15) is 6.61 Å². The number of fused-ring (bicyclic) bond motifs is 1. The first-order chi connectivity index (χ1) is 11.4. The summed E-state index contributed by atoms with van der Waals surface area (Å²) in [5.74, 6) is -0.196. The lowest BCUT2D eigenvalue weighted by Crippen LogP contribution is -2.37. The molecule has 2 unspecified atom stereocenters. The quantitative estimate of drug-likeness (QED) is 0.779. The molecular weight excluding hydrogens is 372 g/mol. The molecule has 0 spiro atoms. The fourth-order valence-electron chi connectivity index (χ4n) is 2.89. The minimum absolute atomic E-state index is 0.0760. The van der Waals surface area contributed by atoms with Crippen molar-refractivity contribution in [3.05, 3.63) is 34.9 Å². The Balaban J connectivity index is 1.90. The number of nitrogens with zero attached hydrogens (tertiary/aromatic N) is 2. The van der Waals surface area contributed by atoms with Crippen molar-refractivity contribution in [2.75, 3.05) is 25.2 Å². The van der Waals surface area contributed by atoms with Gasteiger partial charge in [0.25, 0.3) is 5.91 Å². The van der Waals surface area contributed by atoms with Gasteiger partial charge in [-0.3, -0.25) is 4.79 Å². The molecule has 130 valence electrons. The van der Waals surface area contributed by atoms with E-state index < -0.39 is 9.84 Å². The van der Waals surface area contributed by atoms with Gasteiger partial charge in [-0.1, -0.05) is 41.6 Å². The Labute approximate surface area is 150 Å². The molecule has 0 bridgehead atoms. The fourth-order valence-corrected chi connectivity index (χ4v) is 7.06. The number of methoxy groups -OCH3 is 1. The Bertz CT molecular complexity index is 781. The van der Waals surface area contributed by atoms with Crippen molar-refractivity contribution in [3.63, 3.8) is 0 Å². The van der Waals surface area contributed by atoms with Crippen LogP contribution in [-0.2, 0) is 25.9 Å². The van der Waals surface area contributed by atoms with Crippen molar-refractivity contribution in [1.29, 1.82) is 0 Å². The van der Waals surface area contributed by atoms with E-state index >= 15 is 0 Å². The van der Waals surface area contributed by atoms with Gasteiger partial charge < -0.3 is 9.64 Å². The van der Waals surface area contributed by atoms with Crippen LogP contribution >= 0.6 is 23.4 Å². The van der Waals surface area contributed by atoms with Gasteiger partial charge in [0.05, 0.1) is 17.5 Å². The average Bonchev–Trinajstić information content (AvgIpc) is 2.94. The summed E-state index contributed by atoms with van der Waals surface area (Å²) in [5.41, 5.74) is 0.872. The number of rotatable bonds is 4. The van der Waals surface area contributed by atoms with Crippen molar-refractivity contribution >= 4 is 44.3 Å². The van der Waals surface area contributed by atoms with Gasteiger partial charge in [-0.2, -0.15) is 4.99 Å². The van der Waals surface area contributed by atoms with Crippen molar-refractivity contribution in [2.24, 2.45) is 4.99 Å². The molecule has 0 saturated carbocycles. The molecule has 2 atom stereocenters. The van der Waals surface area contributed by atoms with Crippen LogP contribution in [0.2, 0.25) is 5.02 Å². The Morgan fingerprint density at radius 3 is 2.88 bits per heavy atom. The maximum Gasteiger partial charge on any atom is 0.274 e. The molecule has 2 aliphatic heterocycles. The second-order valence-electron chi connectivity index (χ2n) is 5.74. The van der Waals surface area contributed by atoms with E-state index in [0.29, 0.717) is 16.7 Å². The van der Waals surface area contributed by atoms with Gasteiger partial charge in [-0.05, 0) is 11.6 Å². The normalized spacial score (nSPS) is 26.8. The Morgan fingerprint density at radius 1 is 1.42 bits per heavy atom. The van der Waals surface area contributed by atoms with Gasteiger partial charge in [0, 0.05) is 23.9 Å². The van der Waals surface area contributed by atoms with Crippen LogP contribution < -0.4 is 0 Å². The number of hydrogen-bond acceptors (Lipinski definition) is 5. The van der Waals surface area contributed by atoms with Crippen molar-refractivity contribution in [2.45, 2.75) is 17.8 Å². The summed E-state index contributed by atoms with van der Waals surface area (Å²) in [6, 6.07) is 7.20. The molecule has 3 rings (SSSR count). The lowest BCUT2D eigenvalue weighted by atomic mass is 10.1. The molecule has 1 amide bonds. The van der Waals surface area contributed by atoms with Crippen LogP contribution in [0.25, 0.3) is 0 Å². The highest BCUT2D eigenvalue weighted by atomic mass is 35.5. The minimum atomic E-state index is -3.06. The Hall–Kier alpha value is -1.09. The van der Waals surface area contributed by atoms with Gasteiger partial charge in [-0.25, -0.2) is 8.42 Å². The first-order valence-corrected chi connectivity index (χ1v) is 10.4. The highest BCUT2D eigenvalue weighted by molar-refractivity contribution is 8.15. The highest BCUT2D eigenvalue weighted by Gasteiger charge is 2.48. The number of carbonyl (C=O) groups is 1. The zero-order valence-electron chi connectivity index (χ0n) is 13.0. The molecular formula is C15H17ClN2O4S2. The molecule has 0 N–H and O–H groups in total. The monoisotopic (exact) mass is 388 g/mol. The second kappa shape index (κ2) is 7.03. The van der Waals surface area contributed by atoms with E-state index in [0.717, 1.165) is 5.56 Å². The average molecular weight is 389 g/mol. The summed E-state index contributed by atoms with van der Waals surface area (Å²) < 4.78 is 28.7. The number of benzene rings is 1. The van der Waals surface area contributed by atoms with Crippen LogP contribution in [0.3, 0.4) is 0 Å². The molecule has 0 aliphatic carbocycles. The van der Waals surface area contributed by atoms with Gasteiger partial charge in [0.2, 0.25) is 0 Å². The van der Waals surface area contributed by atoms with Crippen LogP contribution in [0, 0.1) is 0 Å². The lowest BCUT2D eigenvalue weighted by molar-refractivity contribution is -0.121.